The average Bonchev–Trinajstić information content (AvgIpc) is 3.13. The summed E-state index contributed by atoms with van der Waals surface area (Å²) in [6.07, 6.45) is -0.0233. The van der Waals surface area contributed by atoms with Gasteiger partial charge in [0, 0.05) is 24.6 Å². The number of rotatable bonds is 4. The highest BCUT2D eigenvalue weighted by molar-refractivity contribution is 5.98. The maximum Gasteiger partial charge on any atom is 0.308 e. The number of methoxy groups -OCH3 is 1. The lowest BCUT2D eigenvalue weighted by Crippen LogP contribution is -2.25. The highest BCUT2D eigenvalue weighted by atomic mass is 16.5. The molecule has 1 fully saturated rings. The number of carbonyl (C=O) groups is 2. The van der Waals surface area contributed by atoms with E-state index in [0.717, 1.165) is 5.56 Å². The third-order valence-electron chi connectivity index (χ3n) is 3.60. The van der Waals surface area contributed by atoms with Crippen molar-refractivity contribution in [2.24, 2.45) is 5.92 Å². The van der Waals surface area contributed by atoms with Crippen molar-refractivity contribution in [1.29, 1.82) is 0 Å². The van der Waals surface area contributed by atoms with Crippen LogP contribution >= 0.6 is 0 Å². The van der Waals surface area contributed by atoms with Crippen LogP contribution in [0.2, 0.25) is 0 Å². The van der Waals surface area contributed by atoms with Crippen LogP contribution in [0, 0.1) is 5.92 Å². The first-order valence-corrected chi connectivity index (χ1v) is 6.73. The number of aliphatic carboxylic acids is 1. The number of hydrogen-bond donors (Lipinski definition) is 1. The minimum atomic E-state index is -0.983. The van der Waals surface area contributed by atoms with Gasteiger partial charge in [-0.2, -0.15) is 0 Å². The SMILES string of the molecule is COc1cccc(-c2cc(N3CC(C(=O)O)CC3=O)on2)c1. The van der Waals surface area contributed by atoms with Crippen molar-refractivity contribution in [3.63, 3.8) is 0 Å². The number of benzene rings is 1. The molecule has 1 aliphatic heterocycles. The Hall–Kier alpha value is -2.83. The van der Waals surface area contributed by atoms with E-state index in [1.807, 2.05) is 18.2 Å². The Morgan fingerprint density at radius 1 is 1.45 bits per heavy atom. The van der Waals surface area contributed by atoms with Gasteiger partial charge in [0.15, 0.2) is 0 Å². The Bertz CT molecular complexity index is 724. The Balaban J connectivity index is 1.85. The molecule has 7 nitrogen and oxygen atoms in total. The maximum absolute atomic E-state index is 11.9. The predicted octanol–water partition coefficient (Wildman–Crippen LogP) is 1.79. The summed E-state index contributed by atoms with van der Waals surface area (Å²) in [6.45, 7) is 0.0981. The molecule has 1 atom stereocenters. The van der Waals surface area contributed by atoms with Crippen LogP contribution in [-0.2, 0) is 9.59 Å². The lowest BCUT2D eigenvalue weighted by molar-refractivity contribution is -0.141. The Morgan fingerprint density at radius 2 is 2.27 bits per heavy atom. The van der Waals surface area contributed by atoms with Gasteiger partial charge in [-0.25, -0.2) is 0 Å². The largest absolute Gasteiger partial charge is 0.497 e. The minimum absolute atomic E-state index is 0.0233. The number of carbonyl (C=O) groups excluding carboxylic acids is 1. The molecule has 0 spiro atoms. The Labute approximate surface area is 126 Å². The van der Waals surface area contributed by atoms with Crippen molar-refractivity contribution in [3.05, 3.63) is 30.3 Å². The summed E-state index contributed by atoms with van der Waals surface area (Å²) < 4.78 is 10.3. The minimum Gasteiger partial charge on any atom is -0.497 e. The third kappa shape index (κ3) is 2.52. The molecule has 1 amide bonds. The summed E-state index contributed by atoms with van der Waals surface area (Å²) in [4.78, 5) is 24.2. The van der Waals surface area contributed by atoms with Crippen LogP contribution < -0.4 is 9.64 Å². The number of carboxylic acid groups (broad SMARTS) is 1. The van der Waals surface area contributed by atoms with Gasteiger partial charge in [-0.15, -0.1) is 0 Å². The molecule has 0 saturated carbocycles. The van der Waals surface area contributed by atoms with Crippen molar-refractivity contribution in [3.8, 4) is 17.0 Å². The predicted molar refractivity (Wildman–Crippen MR) is 76.6 cm³/mol. The molecule has 0 radical (unpaired) electrons. The first-order chi connectivity index (χ1) is 10.6. The number of nitrogens with zero attached hydrogens (tertiary/aromatic N) is 2. The zero-order valence-corrected chi connectivity index (χ0v) is 11.9. The van der Waals surface area contributed by atoms with E-state index in [-0.39, 0.29) is 24.8 Å². The number of anilines is 1. The smallest absolute Gasteiger partial charge is 0.308 e. The van der Waals surface area contributed by atoms with Crippen molar-refractivity contribution < 1.29 is 24.0 Å². The molecule has 0 aliphatic carbocycles. The molecule has 114 valence electrons. The zero-order valence-electron chi connectivity index (χ0n) is 11.9. The van der Waals surface area contributed by atoms with Crippen molar-refractivity contribution in [2.45, 2.75) is 6.42 Å². The van der Waals surface area contributed by atoms with Crippen molar-refractivity contribution in [2.75, 3.05) is 18.6 Å². The molecule has 2 heterocycles. The highest BCUT2D eigenvalue weighted by Gasteiger charge is 2.36. The van der Waals surface area contributed by atoms with E-state index in [1.165, 1.54) is 4.90 Å². The second kappa shape index (κ2) is 5.51. The van der Waals surface area contributed by atoms with E-state index in [1.54, 1.807) is 19.2 Å². The lowest BCUT2D eigenvalue weighted by Gasteiger charge is -2.10. The fraction of sp³-hybridized carbons (Fsp3) is 0.267. The van der Waals surface area contributed by atoms with Gasteiger partial charge in [-0.1, -0.05) is 17.3 Å². The van der Waals surface area contributed by atoms with Crippen LogP contribution in [0.15, 0.2) is 34.9 Å². The first-order valence-electron chi connectivity index (χ1n) is 6.73. The second-order valence-corrected chi connectivity index (χ2v) is 5.03. The standard InChI is InChI=1S/C15H14N2O5/c1-21-11-4-2-3-9(5-11)12-7-14(22-16-12)17-8-10(15(19)20)6-13(17)18/h2-5,7,10H,6,8H2,1H3,(H,19,20). The molecule has 0 bridgehead atoms. The molecule has 1 aromatic heterocycles. The summed E-state index contributed by atoms with van der Waals surface area (Å²) >= 11 is 0. The van der Waals surface area contributed by atoms with E-state index in [4.69, 9.17) is 14.4 Å². The summed E-state index contributed by atoms with van der Waals surface area (Å²) in [6, 6.07) is 8.90. The fourth-order valence-corrected chi connectivity index (χ4v) is 2.40. The molecule has 22 heavy (non-hydrogen) atoms. The number of carboxylic acids is 1. The second-order valence-electron chi connectivity index (χ2n) is 5.03. The molecule has 3 rings (SSSR count). The maximum atomic E-state index is 11.9. The molecule has 1 unspecified atom stereocenters. The van der Waals surface area contributed by atoms with Crippen LogP contribution in [0.5, 0.6) is 5.75 Å². The number of ether oxygens (including phenoxy) is 1. The van der Waals surface area contributed by atoms with Gasteiger partial charge in [0.05, 0.1) is 13.0 Å². The monoisotopic (exact) mass is 302 g/mol. The van der Waals surface area contributed by atoms with Gasteiger partial charge in [-0.3, -0.25) is 14.5 Å². The lowest BCUT2D eigenvalue weighted by atomic mass is 10.1. The molecule has 7 heteroatoms. The number of amides is 1. The van der Waals surface area contributed by atoms with Crippen molar-refractivity contribution in [1.82, 2.24) is 5.16 Å². The highest BCUT2D eigenvalue weighted by Crippen LogP contribution is 2.30. The van der Waals surface area contributed by atoms with Crippen LogP contribution in [0.4, 0.5) is 5.88 Å². The van der Waals surface area contributed by atoms with Crippen LogP contribution in [0.1, 0.15) is 6.42 Å². The van der Waals surface area contributed by atoms with E-state index in [0.29, 0.717) is 11.4 Å². The fourth-order valence-electron chi connectivity index (χ4n) is 2.40. The van der Waals surface area contributed by atoms with Crippen LogP contribution in [0.25, 0.3) is 11.3 Å². The van der Waals surface area contributed by atoms with E-state index >= 15 is 0 Å². The molecule has 1 aliphatic rings. The first kappa shape index (κ1) is 14.1. The van der Waals surface area contributed by atoms with E-state index < -0.39 is 11.9 Å². The third-order valence-corrected chi connectivity index (χ3v) is 3.60. The average molecular weight is 302 g/mol. The summed E-state index contributed by atoms with van der Waals surface area (Å²) in [5, 5.41) is 12.9. The topological polar surface area (TPSA) is 92.9 Å². The van der Waals surface area contributed by atoms with Gasteiger partial charge in [0.25, 0.3) is 0 Å². The summed E-state index contributed by atoms with van der Waals surface area (Å²) in [7, 11) is 1.57. The number of aromatic nitrogens is 1. The molecular formula is C15H14N2O5. The van der Waals surface area contributed by atoms with Gasteiger partial charge < -0.3 is 14.4 Å². The van der Waals surface area contributed by atoms with Crippen molar-refractivity contribution >= 4 is 17.8 Å². The molecule has 1 N–H and O–H groups in total. The van der Waals surface area contributed by atoms with E-state index in [9.17, 15) is 9.59 Å². The van der Waals surface area contributed by atoms with Crippen LogP contribution in [0.3, 0.4) is 0 Å². The van der Waals surface area contributed by atoms with Gasteiger partial charge in [-0.05, 0) is 12.1 Å². The zero-order chi connectivity index (χ0) is 15.7. The molecule has 1 aromatic carbocycles. The normalized spacial score (nSPS) is 17.8. The summed E-state index contributed by atoms with van der Waals surface area (Å²) in [5.41, 5.74) is 1.34. The summed E-state index contributed by atoms with van der Waals surface area (Å²) in [5.74, 6) is -1.03. The van der Waals surface area contributed by atoms with Crippen LogP contribution in [-0.4, -0.2) is 35.8 Å². The van der Waals surface area contributed by atoms with Gasteiger partial charge in [0.1, 0.15) is 11.4 Å². The number of hydrogen-bond acceptors (Lipinski definition) is 5. The molecular weight excluding hydrogens is 288 g/mol. The molecule has 2 aromatic rings. The van der Waals surface area contributed by atoms with Gasteiger partial charge >= 0.3 is 5.97 Å². The Morgan fingerprint density at radius 3 is 2.95 bits per heavy atom. The van der Waals surface area contributed by atoms with Gasteiger partial charge in [0.2, 0.25) is 11.8 Å². The Kier molecular flexibility index (Phi) is 3.54. The van der Waals surface area contributed by atoms with E-state index in [2.05, 4.69) is 5.16 Å². The molecule has 1 saturated heterocycles. The quantitative estimate of drug-likeness (QED) is 0.925.